The smallest absolute Gasteiger partial charge is 0.258 e. The summed E-state index contributed by atoms with van der Waals surface area (Å²) in [4.78, 5) is 26.4. The van der Waals surface area contributed by atoms with Crippen LogP contribution in [0.1, 0.15) is 28.8 Å². The highest BCUT2D eigenvalue weighted by atomic mass is 79.9. The zero-order valence-corrected chi connectivity index (χ0v) is 18.2. The number of rotatable bonds is 6. The molecule has 0 unspecified atom stereocenters. The lowest BCUT2D eigenvalue weighted by molar-refractivity contribution is -0.123. The molecule has 3 aromatic carbocycles. The van der Waals surface area contributed by atoms with Gasteiger partial charge < -0.3 is 15.0 Å². The highest BCUT2D eigenvalue weighted by Crippen LogP contribution is 2.24. The number of carbonyl (C=O) groups is 2. The normalized spacial score (nSPS) is 13.4. The van der Waals surface area contributed by atoms with E-state index in [9.17, 15) is 9.59 Å². The Hall–Kier alpha value is -2.86. The number of likely N-dealkylation sites (tertiary alicyclic amines) is 1. The lowest BCUT2D eigenvalue weighted by atomic mass is 10.1. The fraction of sp³-hybridized carbons (Fsp3) is 0.250. The maximum Gasteiger partial charge on any atom is 0.258 e. The minimum absolute atomic E-state index is 0.0481. The third-order valence-corrected chi connectivity index (χ3v) is 5.72. The van der Waals surface area contributed by atoms with Gasteiger partial charge in [-0.1, -0.05) is 40.2 Å². The molecule has 0 bridgehead atoms. The molecule has 0 radical (unpaired) electrons. The number of amides is 2. The zero-order chi connectivity index (χ0) is 20.9. The number of benzene rings is 3. The van der Waals surface area contributed by atoms with Crippen molar-refractivity contribution in [3.05, 3.63) is 76.3 Å². The molecule has 3 aromatic rings. The van der Waals surface area contributed by atoms with Gasteiger partial charge in [0, 0.05) is 29.7 Å². The predicted molar refractivity (Wildman–Crippen MR) is 121 cm³/mol. The van der Waals surface area contributed by atoms with Gasteiger partial charge in [-0.05, 0) is 65.6 Å². The summed E-state index contributed by atoms with van der Waals surface area (Å²) < 4.78 is 6.65. The third-order valence-electron chi connectivity index (χ3n) is 5.23. The molecule has 1 saturated heterocycles. The van der Waals surface area contributed by atoms with Gasteiger partial charge in [0.2, 0.25) is 0 Å². The average Bonchev–Trinajstić information content (AvgIpc) is 3.31. The van der Waals surface area contributed by atoms with E-state index in [1.165, 1.54) is 0 Å². The highest BCUT2D eigenvalue weighted by molar-refractivity contribution is 9.10. The van der Waals surface area contributed by atoms with Gasteiger partial charge in [-0.3, -0.25) is 9.59 Å². The summed E-state index contributed by atoms with van der Waals surface area (Å²) in [7, 11) is 0. The van der Waals surface area contributed by atoms with Gasteiger partial charge in [-0.15, -0.1) is 0 Å². The van der Waals surface area contributed by atoms with E-state index >= 15 is 0 Å². The Morgan fingerprint density at radius 1 is 0.933 bits per heavy atom. The average molecular weight is 467 g/mol. The molecule has 0 saturated carbocycles. The first-order valence-corrected chi connectivity index (χ1v) is 10.8. The monoisotopic (exact) mass is 466 g/mol. The van der Waals surface area contributed by atoms with Crippen molar-refractivity contribution in [1.82, 2.24) is 10.2 Å². The number of hydrogen-bond acceptors (Lipinski definition) is 3. The summed E-state index contributed by atoms with van der Waals surface area (Å²) in [5.74, 6) is 0.548. The molecule has 5 nitrogen and oxygen atoms in total. The van der Waals surface area contributed by atoms with Crippen molar-refractivity contribution in [2.45, 2.75) is 19.4 Å². The topological polar surface area (TPSA) is 58.6 Å². The molecule has 0 spiro atoms. The number of fused-ring (bicyclic) bond motifs is 1. The number of halogens is 1. The Balaban J connectivity index is 1.26. The van der Waals surface area contributed by atoms with E-state index in [1.807, 2.05) is 65.6 Å². The van der Waals surface area contributed by atoms with Crippen LogP contribution in [0.4, 0.5) is 0 Å². The SMILES string of the molecule is O=C(COc1ccc2cc(Br)ccc2c1)NCc1ccc(C(=O)N2CCCC2)cc1. The van der Waals surface area contributed by atoms with Gasteiger partial charge in [0.05, 0.1) is 0 Å². The van der Waals surface area contributed by atoms with Crippen molar-refractivity contribution < 1.29 is 14.3 Å². The summed E-state index contributed by atoms with van der Waals surface area (Å²) in [6.45, 7) is 2.02. The fourth-order valence-electron chi connectivity index (χ4n) is 3.55. The quantitative estimate of drug-likeness (QED) is 0.580. The van der Waals surface area contributed by atoms with E-state index in [0.717, 1.165) is 46.7 Å². The second-order valence-electron chi connectivity index (χ2n) is 7.41. The van der Waals surface area contributed by atoms with Crippen molar-refractivity contribution >= 4 is 38.5 Å². The first-order valence-electron chi connectivity index (χ1n) is 10.1. The Bertz CT molecular complexity index is 1060. The predicted octanol–water partition coefficient (Wildman–Crippen LogP) is 4.53. The van der Waals surface area contributed by atoms with E-state index in [2.05, 4.69) is 21.2 Å². The molecule has 4 rings (SSSR count). The summed E-state index contributed by atoms with van der Waals surface area (Å²) >= 11 is 3.46. The van der Waals surface area contributed by atoms with Crippen LogP contribution in [0.5, 0.6) is 5.75 Å². The molecule has 0 aromatic heterocycles. The molecule has 0 atom stereocenters. The third kappa shape index (κ3) is 5.00. The first-order chi connectivity index (χ1) is 14.6. The van der Waals surface area contributed by atoms with Gasteiger partial charge in [-0.2, -0.15) is 0 Å². The molecular formula is C24H23BrN2O3. The maximum absolute atomic E-state index is 12.4. The van der Waals surface area contributed by atoms with E-state index in [-0.39, 0.29) is 18.4 Å². The molecule has 0 aliphatic carbocycles. The second-order valence-corrected chi connectivity index (χ2v) is 8.33. The number of carbonyl (C=O) groups excluding carboxylic acids is 2. The summed E-state index contributed by atoms with van der Waals surface area (Å²) in [6, 6.07) is 19.2. The highest BCUT2D eigenvalue weighted by Gasteiger charge is 2.19. The van der Waals surface area contributed by atoms with Crippen LogP contribution in [0, 0.1) is 0 Å². The summed E-state index contributed by atoms with van der Waals surface area (Å²) in [5.41, 5.74) is 1.64. The Labute approximate surface area is 184 Å². The molecule has 1 fully saturated rings. The molecule has 6 heteroatoms. The lowest BCUT2D eigenvalue weighted by Gasteiger charge is -2.15. The van der Waals surface area contributed by atoms with E-state index in [1.54, 1.807) is 0 Å². The largest absolute Gasteiger partial charge is 0.484 e. The molecule has 30 heavy (non-hydrogen) atoms. The maximum atomic E-state index is 12.4. The van der Waals surface area contributed by atoms with Crippen LogP contribution < -0.4 is 10.1 Å². The van der Waals surface area contributed by atoms with Crippen LogP contribution >= 0.6 is 15.9 Å². The first kappa shape index (κ1) is 20.4. The Kier molecular flexibility index (Phi) is 6.33. The molecule has 1 aliphatic heterocycles. The zero-order valence-electron chi connectivity index (χ0n) is 16.6. The van der Waals surface area contributed by atoms with E-state index in [0.29, 0.717) is 17.9 Å². The minimum Gasteiger partial charge on any atom is -0.484 e. The Morgan fingerprint density at radius 2 is 1.63 bits per heavy atom. The van der Waals surface area contributed by atoms with Gasteiger partial charge in [0.25, 0.3) is 11.8 Å². The fourth-order valence-corrected chi connectivity index (χ4v) is 3.93. The van der Waals surface area contributed by atoms with Gasteiger partial charge in [0.1, 0.15) is 5.75 Å². The molecule has 2 amide bonds. The molecule has 154 valence electrons. The van der Waals surface area contributed by atoms with Crippen LogP contribution in [0.2, 0.25) is 0 Å². The standard InChI is InChI=1S/C24H23BrN2O3/c25-21-9-7-20-14-22(10-8-19(20)13-21)30-16-23(28)26-15-17-3-5-18(6-4-17)24(29)27-11-1-2-12-27/h3-10,13-14H,1-2,11-12,15-16H2,(H,26,28). The summed E-state index contributed by atoms with van der Waals surface area (Å²) in [6.07, 6.45) is 2.16. The molecule has 1 N–H and O–H groups in total. The number of ether oxygens (including phenoxy) is 1. The number of nitrogens with one attached hydrogen (secondary N) is 1. The Morgan fingerprint density at radius 3 is 2.40 bits per heavy atom. The minimum atomic E-state index is -0.192. The van der Waals surface area contributed by atoms with Gasteiger partial charge >= 0.3 is 0 Å². The van der Waals surface area contributed by atoms with E-state index in [4.69, 9.17) is 4.74 Å². The van der Waals surface area contributed by atoms with Crippen molar-refractivity contribution in [3.63, 3.8) is 0 Å². The van der Waals surface area contributed by atoms with Crippen LogP contribution in [0.15, 0.2) is 65.1 Å². The van der Waals surface area contributed by atoms with Crippen LogP contribution in [0.25, 0.3) is 10.8 Å². The lowest BCUT2D eigenvalue weighted by Crippen LogP contribution is -2.29. The molecule has 1 aliphatic rings. The molecular weight excluding hydrogens is 444 g/mol. The van der Waals surface area contributed by atoms with Crippen molar-refractivity contribution in [1.29, 1.82) is 0 Å². The van der Waals surface area contributed by atoms with Crippen LogP contribution in [-0.2, 0) is 11.3 Å². The van der Waals surface area contributed by atoms with Gasteiger partial charge in [-0.25, -0.2) is 0 Å². The van der Waals surface area contributed by atoms with Crippen molar-refractivity contribution in [2.24, 2.45) is 0 Å². The van der Waals surface area contributed by atoms with Crippen molar-refractivity contribution in [3.8, 4) is 5.75 Å². The van der Waals surface area contributed by atoms with E-state index < -0.39 is 0 Å². The van der Waals surface area contributed by atoms with Crippen molar-refractivity contribution in [2.75, 3.05) is 19.7 Å². The van der Waals surface area contributed by atoms with Gasteiger partial charge in [0.15, 0.2) is 6.61 Å². The molecule has 1 heterocycles. The van der Waals surface area contributed by atoms with Crippen LogP contribution in [-0.4, -0.2) is 36.4 Å². The number of nitrogens with zero attached hydrogens (tertiary/aromatic N) is 1. The number of hydrogen-bond donors (Lipinski definition) is 1. The second kappa shape index (κ2) is 9.30. The van der Waals surface area contributed by atoms with Crippen LogP contribution in [0.3, 0.4) is 0 Å². The summed E-state index contributed by atoms with van der Waals surface area (Å²) in [5, 5.41) is 5.01.